The van der Waals surface area contributed by atoms with E-state index < -0.39 is 12.0 Å². The van der Waals surface area contributed by atoms with Crippen molar-refractivity contribution in [3.63, 3.8) is 0 Å². The summed E-state index contributed by atoms with van der Waals surface area (Å²) >= 11 is 1.51. The number of aromatic nitrogens is 3. The van der Waals surface area contributed by atoms with E-state index in [2.05, 4.69) is 20.1 Å². The van der Waals surface area contributed by atoms with Gasteiger partial charge in [-0.25, -0.2) is 0 Å². The van der Waals surface area contributed by atoms with Crippen molar-refractivity contribution in [2.24, 2.45) is 0 Å². The largest absolute Gasteiger partial charge is 0.480 e. The van der Waals surface area contributed by atoms with Gasteiger partial charge >= 0.3 is 5.97 Å². The van der Waals surface area contributed by atoms with Crippen LogP contribution in [0.25, 0.3) is 0 Å². The molecule has 7 heteroatoms. The zero-order chi connectivity index (χ0) is 14.8. The minimum atomic E-state index is -0.796. The highest BCUT2D eigenvalue weighted by Gasteiger charge is 2.36. The number of nitrogens with zero attached hydrogens (tertiary/aromatic N) is 3. The average Bonchev–Trinajstić information content (AvgIpc) is 3.37. The van der Waals surface area contributed by atoms with Crippen molar-refractivity contribution in [3.05, 3.63) is 5.82 Å². The lowest BCUT2D eigenvalue weighted by atomic mass is 10.3. The van der Waals surface area contributed by atoms with Crippen LogP contribution in [-0.2, 0) is 4.79 Å². The van der Waals surface area contributed by atoms with Crippen LogP contribution in [0.3, 0.4) is 0 Å². The SMILES string of the molecule is CCCNC(CSc1nnc(C2CC2)n1C1CC1)C(=O)O. The van der Waals surface area contributed by atoms with Gasteiger partial charge in [0.15, 0.2) is 5.16 Å². The maximum atomic E-state index is 11.3. The molecule has 2 aliphatic carbocycles. The Balaban J connectivity index is 1.65. The molecule has 1 unspecified atom stereocenters. The Morgan fingerprint density at radius 1 is 1.43 bits per heavy atom. The lowest BCUT2D eigenvalue weighted by Crippen LogP contribution is -2.39. The highest BCUT2D eigenvalue weighted by atomic mass is 32.2. The van der Waals surface area contributed by atoms with Gasteiger partial charge in [-0.15, -0.1) is 10.2 Å². The molecule has 2 fully saturated rings. The van der Waals surface area contributed by atoms with Crippen molar-refractivity contribution < 1.29 is 9.90 Å². The summed E-state index contributed by atoms with van der Waals surface area (Å²) < 4.78 is 2.26. The number of carboxylic acids is 1. The number of carbonyl (C=O) groups is 1. The number of rotatable bonds is 9. The highest BCUT2D eigenvalue weighted by Crippen LogP contribution is 2.45. The van der Waals surface area contributed by atoms with Crippen LogP contribution in [0.1, 0.15) is 56.8 Å². The predicted octanol–water partition coefficient (Wildman–Crippen LogP) is 2.04. The van der Waals surface area contributed by atoms with Crippen molar-refractivity contribution in [1.82, 2.24) is 20.1 Å². The number of hydrogen-bond acceptors (Lipinski definition) is 5. The van der Waals surface area contributed by atoms with Gasteiger partial charge in [-0.3, -0.25) is 4.79 Å². The Labute approximate surface area is 128 Å². The molecule has 0 aliphatic heterocycles. The molecule has 2 aliphatic rings. The molecule has 21 heavy (non-hydrogen) atoms. The van der Waals surface area contributed by atoms with Gasteiger partial charge in [-0.05, 0) is 38.6 Å². The lowest BCUT2D eigenvalue weighted by Gasteiger charge is -2.14. The fourth-order valence-electron chi connectivity index (χ4n) is 2.38. The molecule has 6 nitrogen and oxygen atoms in total. The minimum Gasteiger partial charge on any atom is -0.480 e. The van der Waals surface area contributed by atoms with Crippen molar-refractivity contribution in [2.75, 3.05) is 12.3 Å². The van der Waals surface area contributed by atoms with Crippen LogP contribution < -0.4 is 5.32 Å². The highest BCUT2D eigenvalue weighted by molar-refractivity contribution is 7.99. The summed E-state index contributed by atoms with van der Waals surface area (Å²) in [5.41, 5.74) is 0. The Morgan fingerprint density at radius 2 is 2.19 bits per heavy atom. The molecule has 1 aromatic rings. The van der Waals surface area contributed by atoms with Gasteiger partial charge in [0.1, 0.15) is 11.9 Å². The third-order valence-electron chi connectivity index (χ3n) is 3.86. The van der Waals surface area contributed by atoms with Gasteiger partial charge in [0, 0.05) is 17.7 Å². The Bertz CT molecular complexity index is 511. The number of aliphatic carboxylic acids is 1. The van der Waals surface area contributed by atoms with Crippen LogP contribution in [0.4, 0.5) is 0 Å². The summed E-state index contributed by atoms with van der Waals surface area (Å²) in [5, 5.41) is 21.9. The first-order chi connectivity index (χ1) is 10.2. The van der Waals surface area contributed by atoms with Crippen LogP contribution in [0.5, 0.6) is 0 Å². The summed E-state index contributed by atoms with van der Waals surface area (Å²) in [5.74, 6) is 1.40. The van der Waals surface area contributed by atoms with Gasteiger partial charge in [-0.2, -0.15) is 0 Å². The molecule has 0 saturated heterocycles. The third-order valence-corrected chi connectivity index (χ3v) is 4.90. The molecule has 1 aromatic heterocycles. The monoisotopic (exact) mass is 310 g/mol. The van der Waals surface area contributed by atoms with Gasteiger partial charge in [-0.1, -0.05) is 18.7 Å². The summed E-state index contributed by atoms with van der Waals surface area (Å²) in [4.78, 5) is 11.3. The molecule has 0 radical (unpaired) electrons. The van der Waals surface area contributed by atoms with Gasteiger partial charge in [0.05, 0.1) is 0 Å². The van der Waals surface area contributed by atoms with E-state index in [1.165, 1.54) is 37.4 Å². The van der Waals surface area contributed by atoms with Gasteiger partial charge in [0.2, 0.25) is 0 Å². The van der Waals surface area contributed by atoms with E-state index in [1.54, 1.807) is 0 Å². The molecule has 0 bridgehead atoms. The van der Waals surface area contributed by atoms with Crippen LogP contribution in [0.2, 0.25) is 0 Å². The van der Waals surface area contributed by atoms with Crippen LogP contribution in [0.15, 0.2) is 5.16 Å². The van der Waals surface area contributed by atoms with E-state index >= 15 is 0 Å². The molecule has 0 spiro atoms. The molecular weight excluding hydrogens is 288 g/mol. The van der Waals surface area contributed by atoms with E-state index in [4.69, 9.17) is 0 Å². The second-order valence-corrected chi connectivity index (χ2v) is 6.86. The normalized spacial score (nSPS) is 19.7. The number of thioether (sulfide) groups is 1. The van der Waals surface area contributed by atoms with Crippen LogP contribution >= 0.6 is 11.8 Å². The summed E-state index contributed by atoms with van der Waals surface area (Å²) in [6.07, 6.45) is 5.75. The standard InChI is InChI=1S/C14H22N4O2S/c1-2-7-15-11(13(19)20)8-21-14-17-16-12(9-3-4-9)18(14)10-5-6-10/h9-11,15H,2-8H2,1H3,(H,19,20). The maximum absolute atomic E-state index is 11.3. The van der Waals surface area contributed by atoms with E-state index in [9.17, 15) is 9.90 Å². The first-order valence-electron chi connectivity index (χ1n) is 7.74. The number of hydrogen-bond donors (Lipinski definition) is 2. The third kappa shape index (κ3) is 3.58. The first kappa shape index (κ1) is 14.8. The molecule has 2 N–H and O–H groups in total. The molecule has 2 saturated carbocycles. The number of carboxylic acid groups (broad SMARTS) is 1. The van der Waals surface area contributed by atoms with E-state index in [1.807, 2.05) is 6.92 Å². The van der Waals surface area contributed by atoms with Crippen molar-refractivity contribution >= 4 is 17.7 Å². The predicted molar refractivity (Wildman–Crippen MR) is 80.7 cm³/mol. The summed E-state index contributed by atoms with van der Waals surface area (Å²) in [7, 11) is 0. The van der Waals surface area contributed by atoms with Gasteiger partial charge in [0.25, 0.3) is 0 Å². The lowest BCUT2D eigenvalue weighted by molar-refractivity contribution is -0.138. The zero-order valence-electron chi connectivity index (χ0n) is 12.3. The topological polar surface area (TPSA) is 80.0 Å². The summed E-state index contributed by atoms with van der Waals surface area (Å²) in [6, 6.07) is 0.0219. The molecule has 3 rings (SSSR count). The second kappa shape index (κ2) is 6.36. The molecule has 0 aromatic carbocycles. The fourth-order valence-corrected chi connectivity index (χ4v) is 3.43. The van der Waals surface area contributed by atoms with E-state index in [0.717, 1.165) is 23.9 Å². The van der Waals surface area contributed by atoms with Gasteiger partial charge < -0.3 is 15.0 Å². The second-order valence-electron chi connectivity index (χ2n) is 5.87. The quantitative estimate of drug-likeness (QED) is 0.679. The minimum absolute atomic E-state index is 0.491. The van der Waals surface area contributed by atoms with Crippen molar-refractivity contribution in [1.29, 1.82) is 0 Å². The van der Waals surface area contributed by atoms with Crippen molar-refractivity contribution in [2.45, 2.75) is 62.2 Å². The molecule has 1 heterocycles. The zero-order valence-corrected chi connectivity index (χ0v) is 13.1. The fraction of sp³-hybridized carbons (Fsp3) is 0.786. The Morgan fingerprint density at radius 3 is 2.76 bits per heavy atom. The number of nitrogens with one attached hydrogen (secondary N) is 1. The van der Waals surface area contributed by atoms with Crippen LogP contribution in [0, 0.1) is 0 Å². The average molecular weight is 310 g/mol. The van der Waals surface area contributed by atoms with E-state index in [0.29, 0.717) is 17.7 Å². The van der Waals surface area contributed by atoms with Crippen molar-refractivity contribution in [3.8, 4) is 0 Å². The van der Waals surface area contributed by atoms with E-state index in [-0.39, 0.29) is 0 Å². The molecular formula is C14H22N4O2S. The molecule has 116 valence electrons. The Kier molecular flexibility index (Phi) is 4.49. The Hall–Kier alpha value is -1.08. The smallest absolute Gasteiger partial charge is 0.321 e. The van der Waals surface area contributed by atoms with Crippen LogP contribution in [-0.4, -0.2) is 44.2 Å². The molecule has 0 amide bonds. The first-order valence-corrected chi connectivity index (χ1v) is 8.73. The maximum Gasteiger partial charge on any atom is 0.321 e. The summed E-state index contributed by atoms with van der Waals surface area (Å²) in [6.45, 7) is 2.75. The molecule has 1 atom stereocenters.